The highest BCUT2D eigenvalue weighted by Crippen LogP contribution is 2.00. The van der Waals surface area contributed by atoms with E-state index in [0.717, 1.165) is 12.8 Å². The summed E-state index contributed by atoms with van der Waals surface area (Å²) in [5.41, 5.74) is 1.18. The highest BCUT2D eigenvalue weighted by Gasteiger charge is 1.94. The van der Waals surface area contributed by atoms with Gasteiger partial charge in [0.25, 0.3) is 0 Å². The number of aryl methyl sites for hydroxylation is 1. The molecule has 0 N–H and O–H groups in total. The first-order valence-corrected chi connectivity index (χ1v) is 4.26. The van der Waals surface area contributed by atoms with Gasteiger partial charge in [-0.15, -0.1) is 11.6 Å². The molecule has 0 unspecified atom stereocenters. The summed E-state index contributed by atoms with van der Waals surface area (Å²) in [6.07, 6.45) is 5.86. The topological polar surface area (TPSA) is 25.8 Å². The third-order valence-corrected chi connectivity index (χ3v) is 1.66. The largest absolute Gasteiger partial charge is 0.240 e. The quantitative estimate of drug-likeness (QED) is 0.650. The normalized spacial score (nSPS) is 10.0. The monoisotopic (exact) mass is 170 g/mol. The maximum absolute atomic E-state index is 5.53. The second-order valence-corrected chi connectivity index (χ2v) is 2.66. The van der Waals surface area contributed by atoms with Crippen molar-refractivity contribution in [3.05, 3.63) is 23.8 Å². The molecule has 0 aromatic carbocycles. The van der Waals surface area contributed by atoms with Crippen LogP contribution in [0.4, 0.5) is 0 Å². The Morgan fingerprint density at radius 1 is 1.36 bits per heavy atom. The van der Waals surface area contributed by atoms with E-state index in [1.165, 1.54) is 5.56 Å². The SMILES string of the molecule is CCCc1cnc(CCl)nc1. The molecule has 1 rings (SSSR count). The Morgan fingerprint density at radius 3 is 2.45 bits per heavy atom. The van der Waals surface area contributed by atoms with Gasteiger partial charge in [-0.3, -0.25) is 0 Å². The zero-order valence-electron chi connectivity index (χ0n) is 6.55. The van der Waals surface area contributed by atoms with Crippen LogP contribution in [0.3, 0.4) is 0 Å². The summed E-state index contributed by atoms with van der Waals surface area (Å²) in [4.78, 5) is 8.15. The van der Waals surface area contributed by atoms with Gasteiger partial charge in [0.05, 0.1) is 5.88 Å². The van der Waals surface area contributed by atoms with Crippen molar-refractivity contribution in [3.63, 3.8) is 0 Å². The van der Waals surface area contributed by atoms with Crippen LogP contribution in [-0.4, -0.2) is 9.97 Å². The van der Waals surface area contributed by atoms with E-state index in [0.29, 0.717) is 11.7 Å². The van der Waals surface area contributed by atoms with Crippen LogP contribution in [0.2, 0.25) is 0 Å². The predicted octanol–water partition coefficient (Wildman–Crippen LogP) is 2.17. The zero-order valence-corrected chi connectivity index (χ0v) is 7.30. The molecule has 1 aromatic rings. The van der Waals surface area contributed by atoms with Crippen molar-refractivity contribution in [1.29, 1.82) is 0 Å². The van der Waals surface area contributed by atoms with E-state index in [-0.39, 0.29) is 0 Å². The van der Waals surface area contributed by atoms with Crippen molar-refractivity contribution in [2.75, 3.05) is 0 Å². The molecule has 0 fully saturated rings. The standard InChI is InChI=1S/C8H11ClN2/c1-2-3-7-5-10-8(4-9)11-6-7/h5-6H,2-4H2,1H3. The highest BCUT2D eigenvalue weighted by molar-refractivity contribution is 6.16. The number of hydrogen-bond acceptors (Lipinski definition) is 2. The molecule has 1 aromatic heterocycles. The van der Waals surface area contributed by atoms with Crippen LogP contribution >= 0.6 is 11.6 Å². The molecular weight excluding hydrogens is 160 g/mol. The maximum atomic E-state index is 5.53. The highest BCUT2D eigenvalue weighted by atomic mass is 35.5. The molecule has 0 atom stereocenters. The van der Waals surface area contributed by atoms with Gasteiger partial charge >= 0.3 is 0 Å². The molecule has 0 radical (unpaired) electrons. The van der Waals surface area contributed by atoms with E-state index in [1.807, 2.05) is 12.4 Å². The predicted molar refractivity (Wildman–Crippen MR) is 45.6 cm³/mol. The molecule has 11 heavy (non-hydrogen) atoms. The van der Waals surface area contributed by atoms with Crippen LogP contribution in [0, 0.1) is 0 Å². The van der Waals surface area contributed by atoms with Crippen LogP contribution in [0.15, 0.2) is 12.4 Å². The second kappa shape index (κ2) is 4.29. The van der Waals surface area contributed by atoms with Gasteiger partial charge in [-0.25, -0.2) is 9.97 Å². The summed E-state index contributed by atoms with van der Waals surface area (Å²) >= 11 is 5.53. The Bertz CT molecular complexity index is 208. The Hall–Kier alpha value is -0.630. The molecule has 1 heterocycles. The first-order chi connectivity index (χ1) is 5.36. The molecule has 0 aliphatic rings. The summed E-state index contributed by atoms with van der Waals surface area (Å²) in [6, 6.07) is 0. The van der Waals surface area contributed by atoms with Gasteiger partial charge in [-0.05, 0) is 12.0 Å². The van der Waals surface area contributed by atoms with Crippen LogP contribution in [-0.2, 0) is 12.3 Å². The lowest BCUT2D eigenvalue weighted by Crippen LogP contribution is -1.93. The van der Waals surface area contributed by atoms with Gasteiger partial charge in [-0.1, -0.05) is 13.3 Å². The summed E-state index contributed by atoms with van der Waals surface area (Å²) < 4.78 is 0. The van der Waals surface area contributed by atoms with E-state index in [4.69, 9.17) is 11.6 Å². The van der Waals surface area contributed by atoms with E-state index in [1.54, 1.807) is 0 Å². The lowest BCUT2D eigenvalue weighted by molar-refractivity contribution is 0.886. The minimum atomic E-state index is 0.395. The number of hydrogen-bond donors (Lipinski definition) is 0. The number of alkyl halides is 1. The fourth-order valence-corrected chi connectivity index (χ4v) is 1.01. The van der Waals surface area contributed by atoms with Crippen LogP contribution in [0.25, 0.3) is 0 Å². The number of nitrogens with zero attached hydrogens (tertiary/aromatic N) is 2. The van der Waals surface area contributed by atoms with Crippen LogP contribution < -0.4 is 0 Å². The second-order valence-electron chi connectivity index (χ2n) is 2.39. The Labute approximate surface area is 71.6 Å². The molecule has 0 spiro atoms. The van der Waals surface area contributed by atoms with Crippen molar-refractivity contribution < 1.29 is 0 Å². The third-order valence-electron chi connectivity index (χ3n) is 1.42. The van der Waals surface area contributed by atoms with Crippen molar-refractivity contribution in [1.82, 2.24) is 9.97 Å². The van der Waals surface area contributed by atoms with Crippen LogP contribution in [0.5, 0.6) is 0 Å². The molecule has 2 nitrogen and oxygen atoms in total. The minimum Gasteiger partial charge on any atom is -0.240 e. The van der Waals surface area contributed by atoms with Crippen molar-refractivity contribution in [2.24, 2.45) is 0 Å². The van der Waals surface area contributed by atoms with Gasteiger partial charge < -0.3 is 0 Å². The lowest BCUT2D eigenvalue weighted by atomic mass is 10.2. The van der Waals surface area contributed by atoms with E-state index in [2.05, 4.69) is 16.9 Å². The molecular formula is C8H11ClN2. The first kappa shape index (κ1) is 8.47. The average Bonchev–Trinajstić information content (AvgIpc) is 2.07. The Kier molecular flexibility index (Phi) is 3.30. The van der Waals surface area contributed by atoms with Gasteiger partial charge in [0.2, 0.25) is 0 Å². The Morgan fingerprint density at radius 2 is 2.00 bits per heavy atom. The number of aromatic nitrogens is 2. The van der Waals surface area contributed by atoms with Crippen molar-refractivity contribution in [2.45, 2.75) is 25.6 Å². The summed E-state index contributed by atoms with van der Waals surface area (Å²) in [7, 11) is 0. The van der Waals surface area contributed by atoms with Gasteiger partial charge in [0.15, 0.2) is 0 Å². The molecule has 0 aliphatic heterocycles. The molecule has 0 saturated heterocycles. The van der Waals surface area contributed by atoms with Crippen molar-refractivity contribution >= 4 is 11.6 Å². The molecule has 0 amide bonds. The van der Waals surface area contributed by atoms with Crippen molar-refractivity contribution in [3.8, 4) is 0 Å². The molecule has 0 aliphatic carbocycles. The summed E-state index contributed by atoms with van der Waals surface area (Å²) in [5.74, 6) is 1.10. The molecule has 60 valence electrons. The summed E-state index contributed by atoms with van der Waals surface area (Å²) in [6.45, 7) is 2.13. The third kappa shape index (κ3) is 2.46. The summed E-state index contributed by atoms with van der Waals surface area (Å²) in [5, 5.41) is 0. The molecule has 0 saturated carbocycles. The van der Waals surface area contributed by atoms with E-state index < -0.39 is 0 Å². The molecule has 3 heteroatoms. The lowest BCUT2D eigenvalue weighted by Gasteiger charge is -1.97. The minimum absolute atomic E-state index is 0.395. The zero-order chi connectivity index (χ0) is 8.10. The molecule has 0 bridgehead atoms. The number of rotatable bonds is 3. The van der Waals surface area contributed by atoms with Gasteiger partial charge in [0.1, 0.15) is 5.82 Å². The Balaban J connectivity index is 2.66. The fourth-order valence-electron chi connectivity index (χ4n) is 0.868. The smallest absolute Gasteiger partial charge is 0.142 e. The van der Waals surface area contributed by atoms with Crippen LogP contribution in [0.1, 0.15) is 24.7 Å². The van der Waals surface area contributed by atoms with Gasteiger partial charge in [-0.2, -0.15) is 0 Å². The average molecular weight is 171 g/mol. The fraction of sp³-hybridized carbons (Fsp3) is 0.500. The number of halogens is 1. The van der Waals surface area contributed by atoms with Gasteiger partial charge in [0, 0.05) is 12.4 Å². The first-order valence-electron chi connectivity index (χ1n) is 3.72. The van der Waals surface area contributed by atoms with E-state index >= 15 is 0 Å². The van der Waals surface area contributed by atoms with E-state index in [9.17, 15) is 0 Å². The maximum Gasteiger partial charge on any atom is 0.142 e.